The smallest absolute Gasteiger partial charge is 0.134 e. The van der Waals surface area contributed by atoms with Gasteiger partial charge in [0.05, 0.1) is 18.4 Å². The van der Waals surface area contributed by atoms with Crippen LogP contribution in [0.2, 0.25) is 0 Å². The molecular weight excluding hydrogens is 252 g/mol. The first-order valence-electron chi connectivity index (χ1n) is 7.26. The molecule has 1 saturated heterocycles. The Balaban J connectivity index is 1.83. The Hall–Kier alpha value is -1.36. The van der Waals surface area contributed by atoms with Crippen LogP contribution in [0, 0.1) is 0 Å². The Morgan fingerprint density at radius 2 is 2.10 bits per heavy atom. The molecule has 2 aromatic rings. The fraction of sp³-hybridized carbons (Fsp3) is 0.500. The molecule has 2 N–H and O–H groups in total. The van der Waals surface area contributed by atoms with E-state index in [-0.39, 0.29) is 6.04 Å². The first kappa shape index (κ1) is 13.6. The minimum atomic E-state index is 0.233. The number of fused-ring (bicyclic) bond motifs is 1. The van der Waals surface area contributed by atoms with Crippen LogP contribution in [0.25, 0.3) is 11.0 Å². The largest absolute Gasteiger partial charge is 0.464 e. The number of benzene rings is 1. The second kappa shape index (κ2) is 5.95. The van der Waals surface area contributed by atoms with E-state index in [1.807, 2.05) is 24.5 Å². The van der Waals surface area contributed by atoms with Crippen molar-refractivity contribution in [2.24, 2.45) is 5.73 Å². The van der Waals surface area contributed by atoms with E-state index in [1.165, 1.54) is 10.9 Å². The molecule has 3 rings (SSSR count). The third kappa shape index (κ3) is 2.46. The molecule has 2 heterocycles. The van der Waals surface area contributed by atoms with Crippen LogP contribution in [0.4, 0.5) is 0 Å². The number of hydrogen-bond acceptors (Lipinski definition) is 4. The monoisotopic (exact) mass is 274 g/mol. The maximum Gasteiger partial charge on any atom is 0.134 e. The number of furan rings is 1. The number of ether oxygens (including phenoxy) is 1. The number of nitrogens with zero attached hydrogens (tertiary/aromatic N) is 1. The van der Waals surface area contributed by atoms with E-state index in [9.17, 15) is 0 Å². The molecule has 1 aromatic heterocycles. The minimum absolute atomic E-state index is 0.233. The van der Waals surface area contributed by atoms with Gasteiger partial charge in [0.1, 0.15) is 5.58 Å². The van der Waals surface area contributed by atoms with E-state index in [4.69, 9.17) is 14.9 Å². The zero-order valence-corrected chi connectivity index (χ0v) is 11.9. The summed E-state index contributed by atoms with van der Waals surface area (Å²) >= 11 is 0. The highest BCUT2D eigenvalue weighted by Crippen LogP contribution is 2.31. The Morgan fingerprint density at radius 1 is 1.35 bits per heavy atom. The second-order valence-electron chi connectivity index (χ2n) is 5.41. The van der Waals surface area contributed by atoms with E-state index in [0.29, 0.717) is 12.6 Å². The molecule has 0 aliphatic carbocycles. The van der Waals surface area contributed by atoms with Crippen LogP contribution in [0.5, 0.6) is 0 Å². The van der Waals surface area contributed by atoms with Crippen molar-refractivity contribution in [1.29, 1.82) is 0 Å². The van der Waals surface area contributed by atoms with Gasteiger partial charge in [-0.1, -0.05) is 18.2 Å². The van der Waals surface area contributed by atoms with Gasteiger partial charge in [-0.15, -0.1) is 0 Å². The van der Waals surface area contributed by atoms with Gasteiger partial charge in [-0.25, -0.2) is 0 Å². The molecule has 20 heavy (non-hydrogen) atoms. The first-order valence-corrected chi connectivity index (χ1v) is 7.26. The van der Waals surface area contributed by atoms with E-state index in [1.54, 1.807) is 7.11 Å². The molecule has 1 aliphatic heterocycles. The molecule has 1 fully saturated rings. The van der Waals surface area contributed by atoms with Crippen LogP contribution in [0.3, 0.4) is 0 Å². The van der Waals surface area contributed by atoms with Crippen LogP contribution >= 0.6 is 0 Å². The van der Waals surface area contributed by atoms with Crippen molar-refractivity contribution < 1.29 is 9.15 Å². The average molecular weight is 274 g/mol. The van der Waals surface area contributed by atoms with Gasteiger partial charge in [0.2, 0.25) is 0 Å². The van der Waals surface area contributed by atoms with Gasteiger partial charge in [0, 0.05) is 37.7 Å². The van der Waals surface area contributed by atoms with E-state index >= 15 is 0 Å². The highest BCUT2D eigenvalue weighted by Gasteiger charge is 2.27. The van der Waals surface area contributed by atoms with Crippen molar-refractivity contribution in [3.05, 3.63) is 36.1 Å². The molecule has 0 radical (unpaired) electrons. The molecule has 1 unspecified atom stereocenters. The summed E-state index contributed by atoms with van der Waals surface area (Å²) < 4.78 is 11.1. The minimum Gasteiger partial charge on any atom is -0.464 e. The Morgan fingerprint density at radius 3 is 2.80 bits per heavy atom. The zero-order chi connectivity index (χ0) is 13.9. The molecular formula is C16H22N2O2. The third-order valence-electron chi connectivity index (χ3n) is 4.34. The van der Waals surface area contributed by atoms with Crippen molar-refractivity contribution in [1.82, 2.24) is 4.90 Å². The van der Waals surface area contributed by atoms with E-state index < -0.39 is 0 Å². The van der Waals surface area contributed by atoms with Gasteiger partial charge < -0.3 is 14.9 Å². The maximum absolute atomic E-state index is 6.04. The summed E-state index contributed by atoms with van der Waals surface area (Å²) in [5, 5.41) is 1.18. The Kier molecular flexibility index (Phi) is 4.05. The number of piperidine rings is 1. The summed E-state index contributed by atoms with van der Waals surface area (Å²) in [5.41, 5.74) is 8.18. The highest BCUT2D eigenvalue weighted by molar-refractivity contribution is 5.81. The lowest BCUT2D eigenvalue weighted by atomic mass is 10.00. The standard InChI is InChI=1S/C16H22N2O2/c1-19-12-6-8-18(9-7-12)15(10-17)14-11-20-16-5-3-2-4-13(14)16/h2-5,11-12,15H,6-10,17H2,1H3. The van der Waals surface area contributed by atoms with Crippen molar-refractivity contribution in [2.75, 3.05) is 26.7 Å². The van der Waals surface area contributed by atoms with Crippen molar-refractivity contribution in [3.8, 4) is 0 Å². The zero-order valence-electron chi connectivity index (χ0n) is 11.9. The van der Waals surface area contributed by atoms with Crippen molar-refractivity contribution in [3.63, 3.8) is 0 Å². The van der Waals surface area contributed by atoms with Crippen LogP contribution in [0.15, 0.2) is 34.9 Å². The summed E-state index contributed by atoms with van der Waals surface area (Å²) in [5.74, 6) is 0. The quantitative estimate of drug-likeness (QED) is 0.931. The molecule has 4 heteroatoms. The number of methoxy groups -OCH3 is 1. The summed E-state index contributed by atoms with van der Waals surface area (Å²) in [6.45, 7) is 2.67. The second-order valence-corrected chi connectivity index (χ2v) is 5.41. The number of para-hydroxylation sites is 1. The first-order chi connectivity index (χ1) is 9.83. The van der Waals surface area contributed by atoms with E-state index in [2.05, 4.69) is 11.0 Å². The predicted molar refractivity (Wildman–Crippen MR) is 79.6 cm³/mol. The lowest BCUT2D eigenvalue weighted by molar-refractivity contribution is 0.0281. The normalized spacial score (nSPS) is 19.5. The Bertz CT molecular complexity index is 558. The third-order valence-corrected chi connectivity index (χ3v) is 4.34. The van der Waals surface area contributed by atoms with Crippen molar-refractivity contribution >= 4 is 11.0 Å². The topological polar surface area (TPSA) is 51.6 Å². The number of hydrogen-bond donors (Lipinski definition) is 1. The molecule has 1 atom stereocenters. The molecule has 1 aromatic carbocycles. The Labute approximate surface area is 119 Å². The number of likely N-dealkylation sites (tertiary alicyclic amines) is 1. The summed E-state index contributed by atoms with van der Waals surface area (Å²) in [6, 6.07) is 8.39. The lowest BCUT2D eigenvalue weighted by Crippen LogP contribution is -2.41. The molecule has 4 nitrogen and oxygen atoms in total. The molecule has 0 spiro atoms. The lowest BCUT2D eigenvalue weighted by Gasteiger charge is -2.36. The van der Waals surface area contributed by atoms with Gasteiger partial charge >= 0.3 is 0 Å². The number of rotatable bonds is 4. The fourth-order valence-electron chi connectivity index (χ4n) is 3.15. The maximum atomic E-state index is 6.04. The van der Waals surface area contributed by atoms with Crippen LogP contribution in [-0.2, 0) is 4.74 Å². The molecule has 0 bridgehead atoms. The van der Waals surface area contributed by atoms with Gasteiger partial charge in [0.15, 0.2) is 0 Å². The SMILES string of the molecule is COC1CCN(C(CN)c2coc3ccccc23)CC1. The highest BCUT2D eigenvalue weighted by atomic mass is 16.5. The van der Waals surface area contributed by atoms with Crippen LogP contribution < -0.4 is 5.73 Å². The summed E-state index contributed by atoms with van der Waals surface area (Å²) in [6.07, 6.45) is 4.40. The van der Waals surface area contributed by atoms with Gasteiger partial charge in [-0.05, 0) is 18.9 Å². The average Bonchev–Trinajstić information content (AvgIpc) is 2.93. The van der Waals surface area contributed by atoms with Crippen molar-refractivity contribution in [2.45, 2.75) is 25.0 Å². The van der Waals surface area contributed by atoms with Gasteiger partial charge in [-0.3, -0.25) is 4.90 Å². The molecule has 108 valence electrons. The van der Waals surface area contributed by atoms with Crippen LogP contribution in [0.1, 0.15) is 24.4 Å². The van der Waals surface area contributed by atoms with Gasteiger partial charge in [0.25, 0.3) is 0 Å². The molecule has 1 aliphatic rings. The molecule has 0 saturated carbocycles. The summed E-state index contributed by atoms with van der Waals surface area (Å²) in [7, 11) is 1.80. The fourth-order valence-corrected chi connectivity index (χ4v) is 3.15. The molecule has 0 amide bonds. The van der Waals surface area contributed by atoms with Gasteiger partial charge in [-0.2, -0.15) is 0 Å². The number of nitrogens with two attached hydrogens (primary N) is 1. The van der Waals surface area contributed by atoms with E-state index in [0.717, 1.165) is 31.5 Å². The predicted octanol–water partition coefficient (Wildman–Crippen LogP) is 2.54. The summed E-state index contributed by atoms with van der Waals surface area (Å²) in [4.78, 5) is 2.45. The van der Waals surface area contributed by atoms with Crippen LogP contribution in [-0.4, -0.2) is 37.7 Å².